The molecule has 0 spiro atoms. The number of aromatic nitrogens is 2. The first-order valence-corrected chi connectivity index (χ1v) is 9.34. The number of allylic oxidation sites excluding steroid dienone is 1. The van der Waals surface area contributed by atoms with Gasteiger partial charge in [0.1, 0.15) is 6.10 Å². The molecule has 30 heavy (non-hydrogen) atoms. The van der Waals surface area contributed by atoms with Gasteiger partial charge in [0.25, 0.3) is 17.5 Å². The molecular weight excluding hydrogens is 401 g/mol. The molecule has 7 nitrogen and oxygen atoms in total. The van der Waals surface area contributed by atoms with Crippen LogP contribution in [0.25, 0.3) is 11.0 Å². The summed E-state index contributed by atoms with van der Waals surface area (Å²) in [7, 11) is 0. The Bertz CT molecular complexity index is 1050. The van der Waals surface area contributed by atoms with Crippen LogP contribution in [0.2, 0.25) is 0 Å². The van der Waals surface area contributed by atoms with Gasteiger partial charge in [0, 0.05) is 0 Å². The van der Waals surface area contributed by atoms with Crippen molar-refractivity contribution in [3.8, 4) is 0 Å². The minimum atomic E-state index is -5.13. The zero-order valence-electron chi connectivity index (χ0n) is 17.3. The average Bonchev–Trinajstić information content (AvgIpc) is 3.08. The number of fused-ring (bicyclic) bond motifs is 3. The van der Waals surface area contributed by atoms with Crippen LogP contribution in [0.4, 0.5) is 19.1 Å². The normalized spacial score (nSPS) is 19.4. The highest BCUT2D eigenvalue weighted by Crippen LogP contribution is 2.44. The Morgan fingerprint density at radius 2 is 1.97 bits per heavy atom. The van der Waals surface area contributed by atoms with E-state index in [1.54, 1.807) is 19.1 Å². The molecule has 162 valence electrons. The van der Waals surface area contributed by atoms with E-state index in [2.05, 4.69) is 10.3 Å². The second kappa shape index (κ2) is 7.42. The number of carbonyl (C=O) groups is 2. The molecule has 0 fully saturated rings. The predicted octanol–water partition coefficient (Wildman–Crippen LogP) is 3.31. The zero-order valence-corrected chi connectivity index (χ0v) is 17.3. The van der Waals surface area contributed by atoms with Gasteiger partial charge in [0.2, 0.25) is 5.95 Å². The summed E-state index contributed by atoms with van der Waals surface area (Å²) in [6.07, 6.45) is -4.65. The number of carbonyl (C=O) groups excluding carboxylic acids is 2. The van der Waals surface area contributed by atoms with Crippen molar-refractivity contribution in [1.29, 1.82) is 0 Å². The van der Waals surface area contributed by atoms with Gasteiger partial charge >= 0.3 is 6.18 Å². The lowest BCUT2D eigenvalue weighted by molar-refractivity contribution is -0.218. The highest BCUT2D eigenvalue weighted by molar-refractivity contribution is 6.05. The van der Waals surface area contributed by atoms with Crippen LogP contribution >= 0.6 is 0 Å². The maximum Gasteiger partial charge on any atom is 0.440 e. The molecule has 0 saturated heterocycles. The van der Waals surface area contributed by atoms with E-state index < -0.39 is 29.8 Å². The van der Waals surface area contributed by atoms with E-state index in [0.717, 1.165) is 16.7 Å². The van der Waals surface area contributed by atoms with Crippen LogP contribution in [0.5, 0.6) is 0 Å². The molecule has 2 amide bonds. The lowest BCUT2D eigenvalue weighted by Crippen LogP contribution is -2.64. The van der Waals surface area contributed by atoms with Crippen molar-refractivity contribution in [3.05, 3.63) is 34.9 Å². The van der Waals surface area contributed by atoms with Gasteiger partial charge in [-0.05, 0) is 57.9 Å². The van der Waals surface area contributed by atoms with Gasteiger partial charge in [-0.25, -0.2) is 4.98 Å². The van der Waals surface area contributed by atoms with Crippen molar-refractivity contribution < 1.29 is 27.5 Å². The number of nitrogens with one attached hydrogen (secondary N) is 2. The number of hydrogen-bond donors (Lipinski definition) is 2. The molecule has 2 heterocycles. The number of alkyl halides is 3. The van der Waals surface area contributed by atoms with Crippen LogP contribution in [0.3, 0.4) is 0 Å². The number of nitrogens with zero attached hydrogens (tertiary/aromatic N) is 2. The summed E-state index contributed by atoms with van der Waals surface area (Å²) < 4.78 is 49.0. The van der Waals surface area contributed by atoms with E-state index in [9.17, 15) is 22.8 Å². The van der Waals surface area contributed by atoms with Gasteiger partial charge in [-0.2, -0.15) is 13.2 Å². The number of rotatable bonds is 5. The van der Waals surface area contributed by atoms with Crippen LogP contribution in [-0.2, 0) is 20.0 Å². The number of ether oxygens (including phenoxy) is 1. The van der Waals surface area contributed by atoms with E-state index in [0.29, 0.717) is 4.57 Å². The Morgan fingerprint density at radius 3 is 2.57 bits per heavy atom. The molecule has 1 aliphatic heterocycles. The van der Waals surface area contributed by atoms with Gasteiger partial charge < -0.3 is 10.1 Å². The highest BCUT2D eigenvalue weighted by Gasteiger charge is 2.67. The van der Waals surface area contributed by atoms with Crippen molar-refractivity contribution in [1.82, 2.24) is 14.9 Å². The fourth-order valence-electron chi connectivity index (χ4n) is 3.20. The number of halogens is 3. The second-order valence-electron chi connectivity index (χ2n) is 7.60. The third kappa shape index (κ3) is 3.45. The largest absolute Gasteiger partial charge is 0.440 e. The first-order chi connectivity index (χ1) is 13.9. The second-order valence-corrected chi connectivity index (χ2v) is 7.60. The standard InChI is InChI=1S/C20H23F3N4O3/c1-10(2)6-7-30-13(5)16(28)26-19(20(21,22)23)17(29)25-18-24-14-8-11(3)12(4)9-15(14)27(18)19/h6,8-9,13H,7H2,1-5H3,(H,26,28)(H,24,25,29)/t13-,19?/m0/s1. The van der Waals surface area contributed by atoms with Crippen molar-refractivity contribution in [3.63, 3.8) is 0 Å². The topological polar surface area (TPSA) is 85.2 Å². The van der Waals surface area contributed by atoms with Crippen LogP contribution in [0.15, 0.2) is 23.8 Å². The lowest BCUT2D eigenvalue weighted by Gasteiger charge is -2.32. The maximum absolute atomic E-state index is 14.3. The molecule has 10 heteroatoms. The number of anilines is 1. The van der Waals surface area contributed by atoms with E-state index in [1.165, 1.54) is 13.0 Å². The van der Waals surface area contributed by atoms with Gasteiger partial charge in [0.15, 0.2) is 0 Å². The molecule has 2 atom stereocenters. The summed E-state index contributed by atoms with van der Waals surface area (Å²) in [5, 5.41) is 4.04. The minimum absolute atomic E-state index is 0.0554. The van der Waals surface area contributed by atoms with Crippen molar-refractivity contribution in [2.45, 2.75) is 52.6 Å². The van der Waals surface area contributed by atoms with Gasteiger partial charge in [-0.3, -0.25) is 19.5 Å². The molecule has 0 bridgehead atoms. The third-order valence-electron chi connectivity index (χ3n) is 5.08. The minimum Gasteiger partial charge on any atom is -0.365 e. The van der Waals surface area contributed by atoms with E-state index in [1.807, 2.05) is 26.1 Å². The monoisotopic (exact) mass is 424 g/mol. The number of amides is 2. The summed E-state index contributed by atoms with van der Waals surface area (Å²) in [5.74, 6) is -2.78. The average molecular weight is 424 g/mol. The van der Waals surface area contributed by atoms with Crippen molar-refractivity contribution >= 4 is 28.8 Å². The molecule has 1 aliphatic rings. The molecule has 0 aliphatic carbocycles. The summed E-state index contributed by atoms with van der Waals surface area (Å²) in [6, 6.07) is 3.15. The summed E-state index contributed by atoms with van der Waals surface area (Å²) in [4.78, 5) is 29.3. The summed E-state index contributed by atoms with van der Waals surface area (Å²) in [6.45, 7) is 8.58. The molecule has 2 N–H and O–H groups in total. The highest BCUT2D eigenvalue weighted by atomic mass is 19.4. The van der Waals surface area contributed by atoms with Crippen LogP contribution in [0, 0.1) is 13.8 Å². The van der Waals surface area contributed by atoms with Crippen molar-refractivity contribution in [2.75, 3.05) is 11.9 Å². The first kappa shape index (κ1) is 21.8. The Hall–Kier alpha value is -2.88. The number of benzene rings is 1. The van der Waals surface area contributed by atoms with Crippen LogP contribution < -0.4 is 10.6 Å². The number of hydrogen-bond acceptors (Lipinski definition) is 4. The van der Waals surface area contributed by atoms with E-state index in [-0.39, 0.29) is 23.6 Å². The number of aryl methyl sites for hydroxylation is 2. The quantitative estimate of drug-likeness (QED) is 0.722. The molecular formula is C20H23F3N4O3. The van der Waals surface area contributed by atoms with Crippen LogP contribution in [-0.4, -0.2) is 40.3 Å². The Balaban J connectivity index is 2.07. The Kier molecular flexibility index (Phi) is 5.40. The van der Waals surface area contributed by atoms with Crippen molar-refractivity contribution in [2.24, 2.45) is 0 Å². The Morgan fingerprint density at radius 1 is 1.33 bits per heavy atom. The fraction of sp³-hybridized carbons (Fsp3) is 0.450. The smallest absolute Gasteiger partial charge is 0.365 e. The van der Waals surface area contributed by atoms with E-state index >= 15 is 0 Å². The molecule has 3 rings (SSSR count). The molecule has 0 radical (unpaired) electrons. The third-order valence-corrected chi connectivity index (χ3v) is 5.08. The van der Waals surface area contributed by atoms with Gasteiger partial charge in [-0.15, -0.1) is 0 Å². The lowest BCUT2D eigenvalue weighted by atomic mass is 10.1. The Labute approximate surface area is 171 Å². The molecule has 2 aromatic rings. The molecule has 1 unspecified atom stereocenters. The molecule has 1 aromatic heterocycles. The van der Waals surface area contributed by atoms with E-state index in [4.69, 9.17) is 4.74 Å². The first-order valence-electron chi connectivity index (χ1n) is 9.34. The zero-order chi connectivity index (χ0) is 22.4. The maximum atomic E-state index is 14.3. The molecule has 1 aromatic carbocycles. The summed E-state index contributed by atoms with van der Waals surface area (Å²) in [5.41, 5.74) is -0.459. The predicted molar refractivity (Wildman–Crippen MR) is 105 cm³/mol. The van der Waals surface area contributed by atoms with Crippen LogP contribution in [0.1, 0.15) is 31.9 Å². The SMILES string of the molecule is CC(C)=CCO[C@@H](C)C(=O)NC1(C(F)(F)F)C(=O)Nc2nc3cc(C)c(C)cc3n21. The summed E-state index contributed by atoms with van der Waals surface area (Å²) >= 11 is 0. The fourth-order valence-corrected chi connectivity index (χ4v) is 3.20. The van der Waals surface area contributed by atoms with Gasteiger partial charge in [-0.1, -0.05) is 11.6 Å². The van der Waals surface area contributed by atoms with Gasteiger partial charge in [0.05, 0.1) is 17.6 Å². The number of imidazole rings is 1. The molecule has 0 saturated carbocycles.